The van der Waals surface area contributed by atoms with Gasteiger partial charge in [-0.2, -0.15) is 0 Å². The van der Waals surface area contributed by atoms with Gasteiger partial charge in [-0.05, 0) is 50.3 Å². The highest BCUT2D eigenvalue weighted by Crippen LogP contribution is 2.30. The summed E-state index contributed by atoms with van der Waals surface area (Å²) < 4.78 is 0. The second kappa shape index (κ2) is 7.26. The second-order valence-corrected chi connectivity index (χ2v) is 7.04. The van der Waals surface area contributed by atoms with E-state index < -0.39 is 0 Å². The van der Waals surface area contributed by atoms with Crippen LogP contribution in [-0.4, -0.2) is 25.9 Å². The van der Waals surface area contributed by atoms with E-state index in [1.807, 2.05) is 39.2 Å². The SMILES string of the molecule is Cc1ccc(N(C)C(=O)C2CC=CC2)cc1N(C)C(=O)C1CC=CC1. The summed E-state index contributed by atoms with van der Waals surface area (Å²) in [6.45, 7) is 2.00. The molecule has 0 spiro atoms. The lowest BCUT2D eigenvalue weighted by molar-refractivity contribution is -0.122. The molecule has 2 aliphatic rings. The van der Waals surface area contributed by atoms with Crippen molar-refractivity contribution >= 4 is 23.2 Å². The first kappa shape index (κ1) is 17.5. The Hall–Kier alpha value is -2.36. The third-order valence-electron chi connectivity index (χ3n) is 5.32. The monoisotopic (exact) mass is 338 g/mol. The van der Waals surface area contributed by atoms with Gasteiger partial charge in [0.05, 0.1) is 0 Å². The Labute approximate surface area is 149 Å². The fraction of sp³-hybridized carbons (Fsp3) is 0.429. The first-order chi connectivity index (χ1) is 12.0. The molecule has 25 heavy (non-hydrogen) atoms. The Balaban J connectivity index is 1.79. The Bertz CT molecular complexity index is 719. The number of carbonyl (C=O) groups excluding carboxylic acids is 2. The lowest BCUT2D eigenvalue weighted by Crippen LogP contribution is -2.34. The summed E-state index contributed by atoms with van der Waals surface area (Å²) in [6, 6.07) is 5.89. The highest BCUT2D eigenvalue weighted by atomic mass is 16.2. The number of anilines is 2. The summed E-state index contributed by atoms with van der Waals surface area (Å²) in [4.78, 5) is 28.8. The number of carbonyl (C=O) groups is 2. The smallest absolute Gasteiger partial charge is 0.230 e. The van der Waals surface area contributed by atoms with E-state index in [0.29, 0.717) is 0 Å². The fourth-order valence-electron chi connectivity index (χ4n) is 3.60. The van der Waals surface area contributed by atoms with Gasteiger partial charge in [-0.1, -0.05) is 30.4 Å². The van der Waals surface area contributed by atoms with Crippen LogP contribution in [0.15, 0.2) is 42.5 Å². The molecule has 4 nitrogen and oxygen atoms in total. The van der Waals surface area contributed by atoms with Gasteiger partial charge in [0.1, 0.15) is 0 Å². The van der Waals surface area contributed by atoms with Crippen molar-refractivity contribution in [1.82, 2.24) is 0 Å². The van der Waals surface area contributed by atoms with Crippen LogP contribution in [0.1, 0.15) is 31.2 Å². The molecule has 0 saturated heterocycles. The molecule has 2 aliphatic carbocycles. The number of allylic oxidation sites excluding steroid dienone is 4. The maximum atomic E-state index is 12.7. The van der Waals surface area contributed by atoms with E-state index in [9.17, 15) is 9.59 Å². The van der Waals surface area contributed by atoms with Gasteiger partial charge < -0.3 is 9.80 Å². The Morgan fingerprint density at radius 1 is 0.840 bits per heavy atom. The molecular weight excluding hydrogens is 312 g/mol. The van der Waals surface area contributed by atoms with Gasteiger partial charge in [-0.3, -0.25) is 9.59 Å². The Morgan fingerprint density at radius 2 is 1.32 bits per heavy atom. The summed E-state index contributed by atoms with van der Waals surface area (Å²) in [5, 5.41) is 0. The summed E-state index contributed by atoms with van der Waals surface area (Å²) >= 11 is 0. The van der Waals surface area contributed by atoms with E-state index in [1.54, 1.807) is 9.80 Å². The lowest BCUT2D eigenvalue weighted by Gasteiger charge is -2.26. The van der Waals surface area contributed by atoms with Crippen molar-refractivity contribution in [2.24, 2.45) is 11.8 Å². The van der Waals surface area contributed by atoms with Crippen LogP contribution >= 0.6 is 0 Å². The van der Waals surface area contributed by atoms with Crippen molar-refractivity contribution in [1.29, 1.82) is 0 Å². The average molecular weight is 338 g/mol. The van der Waals surface area contributed by atoms with Crippen LogP contribution in [0.3, 0.4) is 0 Å². The van der Waals surface area contributed by atoms with Gasteiger partial charge in [-0.25, -0.2) is 0 Å². The van der Waals surface area contributed by atoms with Crippen LogP contribution in [-0.2, 0) is 9.59 Å². The predicted molar refractivity (Wildman–Crippen MR) is 102 cm³/mol. The molecular formula is C21H26N2O2. The number of hydrogen-bond donors (Lipinski definition) is 0. The zero-order valence-corrected chi connectivity index (χ0v) is 15.2. The molecule has 0 heterocycles. The summed E-state index contributed by atoms with van der Waals surface area (Å²) in [5.41, 5.74) is 2.74. The van der Waals surface area contributed by atoms with Crippen molar-refractivity contribution < 1.29 is 9.59 Å². The summed E-state index contributed by atoms with van der Waals surface area (Å²) in [5.74, 6) is 0.351. The molecule has 0 radical (unpaired) electrons. The molecule has 3 rings (SSSR count). The molecule has 132 valence electrons. The highest BCUT2D eigenvalue weighted by molar-refractivity contribution is 5.98. The van der Waals surface area contributed by atoms with Crippen LogP contribution in [0.2, 0.25) is 0 Å². The van der Waals surface area contributed by atoms with Crippen LogP contribution in [0.4, 0.5) is 11.4 Å². The third kappa shape index (κ3) is 3.53. The van der Waals surface area contributed by atoms with Crippen LogP contribution in [0.5, 0.6) is 0 Å². The van der Waals surface area contributed by atoms with Crippen LogP contribution in [0, 0.1) is 18.8 Å². The minimum atomic E-state index is 0.0389. The van der Waals surface area contributed by atoms with E-state index in [1.165, 1.54) is 0 Å². The number of aryl methyl sites for hydroxylation is 1. The molecule has 0 unspecified atom stereocenters. The van der Waals surface area contributed by atoms with Crippen molar-refractivity contribution in [3.8, 4) is 0 Å². The van der Waals surface area contributed by atoms with E-state index in [4.69, 9.17) is 0 Å². The number of amides is 2. The van der Waals surface area contributed by atoms with Crippen LogP contribution < -0.4 is 9.80 Å². The molecule has 2 amide bonds. The second-order valence-electron chi connectivity index (χ2n) is 7.04. The van der Waals surface area contributed by atoms with Gasteiger partial charge in [0.15, 0.2) is 0 Å². The van der Waals surface area contributed by atoms with Crippen molar-refractivity contribution in [3.05, 3.63) is 48.1 Å². The maximum Gasteiger partial charge on any atom is 0.230 e. The summed E-state index contributed by atoms with van der Waals surface area (Å²) in [7, 11) is 3.65. The van der Waals surface area contributed by atoms with Gasteiger partial charge in [0.25, 0.3) is 0 Å². The zero-order valence-electron chi connectivity index (χ0n) is 15.2. The lowest BCUT2D eigenvalue weighted by atomic mass is 10.0. The molecule has 0 bridgehead atoms. The van der Waals surface area contributed by atoms with E-state index in [-0.39, 0.29) is 23.7 Å². The quantitative estimate of drug-likeness (QED) is 0.782. The van der Waals surface area contributed by atoms with Crippen molar-refractivity contribution in [2.75, 3.05) is 23.9 Å². The Morgan fingerprint density at radius 3 is 1.84 bits per heavy atom. The molecule has 0 aliphatic heterocycles. The van der Waals surface area contributed by atoms with Gasteiger partial charge in [0.2, 0.25) is 11.8 Å². The average Bonchev–Trinajstić information content (AvgIpc) is 3.33. The van der Waals surface area contributed by atoms with Crippen molar-refractivity contribution in [3.63, 3.8) is 0 Å². The minimum absolute atomic E-state index is 0.0389. The normalized spacial score (nSPS) is 17.2. The highest BCUT2D eigenvalue weighted by Gasteiger charge is 2.26. The van der Waals surface area contributed by atoms with E-state index in [0.717, 1.165) is 42.6 Å². The predicted octanol–water partition coefficient (Wildman–Crippen LogP) is 3.85. The molecule has 0 fully saturated rings. The molecule has 0 N–H and O–H groups in total. The van der Waals surface area contributed by atoms with Gasteiger partial charge in [-0.15, -0.1) is 0 Å². The number of benzene rings is 1. The number of nitrogens with zero attached hydrogens (tertiary/aromatic N) is 2. The molecule has 0 saturated carbocycles. The molecule has 4 heteroatoms. The first-order valence-corrected chi connectivity index (χ1v) is 8.95. The molecule has 0 atom stereocenters. The third-order valence-corrected chi connectivity index (χ3v) is 5.32. The van der Waals surface area contributed by atoms with E-state index in [2.05, 4.69) is 24.3 Å². The topological polar surface area (TPSA) is 40.6 Å². The van der Waals surface area contributed by atoms with Gasteiger partial charge >= 0.3 is 0 Å². The van der Waals surface area contributed by atoms with Gasteiger partial charge in [0, 0.05) is 37.3 Å². The molecule has 1 aromatic carbocycles. The summed E-state index contributed by atoms with van der Waals surface area (Å²) in [6.07, 6.45) is 11.5. The van der Waals surface area contributed by atoms with E-state index >= 15 is 0 Å². The molecule has 0 aromatic heterocycles. The minimum Gasteiger partial charge on any atom is -0.315 e. The number of rotatable bonds is 4. The Kier molecular flexibility index (Phi) is 5.07. The first-order valence-electron chi connectivity index (χ1n) is 8.95. The van der Waals surface area contributed by atoms with Crippen LogP contribution in [0.25, 0.3) is 0 Å². The largest absolute Gasteiger partial charge is 0.315 e. The molecule has 1 aromatic rings. The maximum absolute atomic E-state index is 12.7. The number of hydrogen-bond acceptors (Lipinski definition) is 2. The van der Waals surface area contributed by atoms with Crippen molar-refractivity contribution in [2.45, 2.75) is 32.6 Å². The fourth-order valence-corrected chi connectivity index (χ4v) is 3.60. The zero-order chi connectivity index (χ0) is 18.0. The standard InChI is InChI=1S/C21H26N2O2/c1-15-12-13-18(22(2)20(24)16-8-4-5-9-16)14-19(15)23(3)21(25)17-10-6-7-11-17/h4-7,12-14,16-17H,8-11H2,1-3H3.